The van der Waals surface area contributed by atoms with Gasteiger partial charge in [-0.25, -0.2) is 0 Å². The van der Waals surface area contributed by atoms with Crippen LogP contribution in [-0.2, 0) is 4.79 Å². The summed E-state index contributed by atoms with van der Waals surface area (Å²) in [5, 5.41) is 9.61. The van der Waals surface area contributed by atoms with E-state index in [-0.39, 0.29) is 11.2 Å². The van der Waals surface area contributed by atoms with Crippen molar-refractivity contribution in [1.82, 2.24) is 0 Å². The maximum Gasteiger partial charge on any atom is 0.160 e. The number of carbonyl (C=O) groups is 1. The normalized spacial score (nSPS) is 18.4. The maximum atomic E-state index is 13.2. The molecule has 1 atom stereocenters. The Morgan fingerprint density at radius 3 is 2.43 bits per heavy atom. The van der Waals surface area contributed by atoms with Crippen LogP contribution in [0.4, 0.5) is 0 Å². The van der Waals surface area contributed by atoms with Crippen LogP contribution in [0.2, 0.25) is 0 Å². The lowest BCUT2D eigenvalue weighted by Gasteiger charge is -2.31. The fraction of sp³-hybridized carbons (Fsp3) is 0.579. The van der Waals surface area contributed by atoms with Crippen molar-refractivity contribution in [3.8, 4) is 6.07 Å². The van der Waals surface area contributed by atoms with Gasteiger partial charge in [0.1, 0.15) is 5.92 Å². The van der Waals surface area contributed by atoms with Crippen molar-refractivity contribution in [3.05, 3.63) is 35.4 Å². The molecule has 0 radical (unpaired) electrons. The van der Waals surface area contributed by atoms with Gasteiger partial charge in [0.15, 0.2) is 5.78 Å². The summed E-state index contributed by atoms with van der Waals surface area (Å²) in [4.78, 5) is 13.2. The number of nitrogens with zero attached hydrogens (tertiary/aromatic N) is 1. The van der Waals surface area contributed by atoms with Gasteiger partial charge in [-0.1, -0.05) is 51.0 Å². The van der Waals surface area contributed by atoms with E-state index in [9.17, 15) is 10.1 Å². The molecule has 1 aliphatic rings. The minimum absolute atomic E-state index is 0.158. The Hall–Kier alpha value is -1.62. The van der Waals surface area contributed by atoms with E-state index < -0.39 is 5.92 Å². The smallest absolute Gasteiger partial charge is 0.160 e. The number of carbonyl (C=O) groups excluding carboxylic acids is 1. The quantitative estimate of drug-likeness (QED) is 0.780. The van der Waals surface area contributed by atoms with Crippen LogP contribution in [0.5, 0.6) is 0 Å². The average Bonchev–Trinajstić information content (AvgIpc) is 2.90. The van der Waals surface area contributed by atoms with Crippen LogP contribution in [0.25, 0.3) is 0 Å². The van der Waals surface area contributed by atoms with Gasteiger partial charge in [-0.3, -0.25) is 4.79 Å². The Labute approximate surface area is 128 Å². The number of Topliss-reactive ketones (excluding diaryl/α,β-unsaturated/α-hetero) is 1. The van der Waals surface area contributed by atoms with Crippen molar-refractivity contribution >= 4 is 5.78 Å². The summed E-state index contributed by atoms with van der Waals surface area (Å²) in [5.41, 5.74) is 1.66. The number of hydrogen-bond acceptors (Lipinski definition) is 2. The molecule has 0 aromatic heterocycles. The van der Waals surface area contributed by atoms with Gasteiger partial charge < -0.3 is 0 Å². The molecule has 0 bridgehead atoms. The molecule has 21 heavy (non-hydrogen) atoms. The zero-order valence-electron chi connectivity index (χ0n) is 13.4. The van der Waals surface area contributed by atoms with Gasteiger partial charge in [0.2, 0.25) is 0 Å². The molecule has 1 aromatic rings. The van der Waals surface area contributed by atoms with E-state index in [1.54, 1.807) is 0 Å². The Morgan fingerprint density at radius 1 is 1.29 bits per heavy atom. The summed E-state index contributed by atoms with van der Waals surface area (Å²) < 4.78 is 0. The topological polar surface area (TPSA) is 40.9 Å². The third-order valence-electron chi connectivity index (χ3n) is 4.77. The van der Waals surface area contributed by atoms with E-state index in [4.69, 9.17) is 0 Å². The molecule has 0 N–H and O–H groups in total. The molecule has 0 heterocycles. The van der Waals surface area contributed by atoms with E-state index in [2.05, 4.69) is 19.9 Å². The molecule has 2 heteroatoms. The molecule has 0 spiro atoms. The van der Waals surface area contributed by atoms with E-state index in [1.165, 1.54) is 0 Å². The van der Waals surface area contributed by atoms with E-state index in [1.807, 2.05) is 31.2 Å². The summed E-state index contributed by atoms with van der Waals surface area (Å²) in [6.45, 7) is 6.32. The molecule has 0 aliphatic heterocycles. The van der Waals surface area contributed by atoms with Crippen LogP contribution in [0.3, 0.4) is 0 Å². The monoisotopic (exact) mass is 283 g/mol. The molecular formula is C19H25NO. The zero-order chi connectivity index (χ0) is 15.5. The molecule has 1 unspecified atom stereocenters. The van der Waals surface area contributed by atoms with Crippen LogP contribution >= 0.6 is 0 Å². The number of ketones is 1. The van der Waals surface area contributed by atoms with Crippen LogP contribution in [-0.4, -0.2) is 5.78 Å². The van der Waals surface area contributed by atoms with Gasteiger partial charge in [0, 0.05) is 5.41 Å². The first-order valence-corrected chi connectivity index (χ1v) is 7.99. The van der Waals surface area contributed by atoms with Crippen LogP contribution in [0.1, 0.15) is 63.0 Å². The van der Waals surface area contributed by atoms with Crippen molar-refractivity contribution in [2.75, 3.05) is 0 Å². The summed E-state index contributed by atoms with van der Waals surface area (Å²) in [6.07, 6.45) is 5.05. The summed E-state index contributed by atoms with van der Waals surface area (Å²) in [5.74, 6) is 0.0387. The lowest BCUT2D eigenvalue weighted by atomic mass is 9.70. The van der Waals surface area contributed by atoms with Crippen LogP contribution < -0.4 is 0 Å². The number of rotatable bonds is 5. The first-order valence-electron chi connectivity index (χ1n) is 7.99. The standard InChI is InChI=1S/C19H25NO/c1-14(2)12-19(10-6-7-11-19)18(21)17(13-20)16-9-5-4-8-15(16)3/h4-5,8-9,14,17H,6-7,10-12H2,1-3H3. The highest BCUT2D eigenvalue weighted by Crippen LogP contribution is 2.47. The third kappa shape index (κ3) is 3.18. The molecule has 0 amide bonds. The van der Waals surface area contributed by atoms with E-state index >= 15 is 0 Å². The number of benzene rings is 1. The fourth-order valence-corrected chi connectivity index (χ4v) is 3.87. The maximum absolute atomic E-state index is 13.2. The number of nitriles is 1. The number of aryl methyl sites for hydroxylation is 1. The molecule has 1 aliphatic carbocycles. The Bertz CT molecular complexity index is 547. The van der Waals surface area contributed by atoms with Crippen molar-refractivity contribution in [2.24, 2.45) is 11.3 Å². The average molecular weight is 283 g/mol. The van der Waals surface area contributed by atoms with Crippen LogP contribution in [0.15, 0.2) is 24.3 Å². The van der Waals surface area contributed by atoms with Crippen LogP contribution in [0, 0.1) is 29.6 Å². The molecular weight excluding hydrogens is 258 g/mol. The minimum Gasteiger partial charge on any atom is -0.297 e. The predicted octanol–water partition coefficient (Wildman–Crippen LogP) is 4.78. The highest BCUT2D eigenvalue weighted by Gasteiger charge is 2.44. The molecule has 1 aromatic carbocycles. The van der Waals surface area contributed by atoms with E-state index in [0.717, 1.165) is 43.2 Å². The van der Waals surface area contributed by atoms with Gasteiger partial charge in [-0.2, -0.15) is 5.26 Å². The van der Waals surface area contributed by atoms with E-state index in [0.29, 0.717) is 5.92 Å². The van der Waals surface area contributed by atoms with Crippen molar-refractivity contribution in [1.29, 1.82) is 5.26 Å². The second-order valence-electron chi connectivity index (χ2n) is 6.87. The SMILES string of the molecule is Cc1ccccc1C(C#N)C(=O)C1(CC(C)C)CCCC1. The van der Waals surface area contributed by atoms with Gasteiger partial charge >= 0.3 is 0 Å². The molecule has 0 saturated heterocycles. The molecule has 112 valence electrons. The minimum atomic E-state index is -0.608. The van der Waals surface area contributed by atoms with Crippen molar-refractivity contribution in [3.63, 3.8) is 0 Å². The second-order valence-corrected chi connectivity index (χ2v) is 6.87. The summed E-state index contributed by atoms with van der Waals surface area (Å²) in [6, 6.07) is 10.1. The first kappa shape index (κ1) is 15.8. The Balaban J connectivity index is 2.35. The Morgan fingerprint density at radius 2 is 1.90 bits per heavy atom. The summed E-state index contributed by atoms with van der Waals surface area (Å²) in [7, 11) is 0. The molecule has 1 saturated carbocycles. The van der Waals surface area contributed by atoms with Crippen molar-refractivity contribution in [2.45, 2.75) is 58.8 Å². The molecule has 2 nitrogen and oxygen atoms in total. The highest BCUT2D eigenvalue weighted by molar-refractivity contribution is 5.93. The molecule has 2 rings (SSSR count). The first-order chi connectivity index (χ1) is 10.00. The Kier molecular flexibility index (Phi) is 4.83. The predicted molar refractivity (Wildman–Crippen MR) is 84.9 cm³/mol. The highest BCUT2D eigenvalue weighted by atomic mass is 16.1. The van der Waals surface area contributed by atoms with Crippen molar-refractivity contribution < 1.29 is 4.79 Å². The lowest BCUT2D eigenvalue weighted by molar-refractivity contribution is -0.129. The van der Waals surface area contributed by atoms with Gasteiger partial charge in [0.25, 0.3) is 0 Å². The second kappa shape index (κ2) is 6.43. The van der Waals surface area contributed by atoms with Gasteiger partial charge in [-0.15, -0.1) is 0 Å². The fourth-order valence-electron chi connectivity index (χ4n) is 3.87. The molecule has 1 fully saturated rings. The lowest BCUT2D eigenvalue weighted by Crippen LogP contribution is -2.34. The third-order valence-corrected chi connectivity index (χ3v) is 4.77. The number of hydrogen-bond donors (Lipinski definition) is 0. The van der Waals surface area contributed by atoms with Gasteiger partial charge in [0.05, 0.1) is 6.07 Å². The summed E-state index contributed by atoms with van der Waals surface area (Å²) >= 11 is 0. The van der Waals surface area contributed by atoms with Gasteiger partial charge in [-0.05, 0) is 43.2 Å². The zero-order valence-corrected chi connectivity index (χ0v) is 13.4. The largest absolute Gasteiger partial charge is 0.297 e.